The normalized spacial score (nSPS) is 12.6. The van der Waals surface area contributed by atoms with Crippen molar-refractivity contribution in [1.82, 2.24) is 0 Å². The minimum Gasteiger partial charge on any atom is -0.481 e. The number of carbonyl (C=O) groups is 2. The second-order valence-electron chi connectivity index (χ2n) is 1.54. The van der Waals surface area contributed by atoms with E-state index in [1.54, 1.807) is 0 Å². The van der Waals surface area contributed by atoms with Crippen molar-refractivity contribution in [2.24, 2.45) is 5.73 Å². The van der Waals surface area contributed by atoms with E-state index in [9.17, 15) is 9.59 Å². The Kier molecular flexibility index (Phi) is 2.66. The van der Waals surface area contributed by atoms with E-state index in [-0.39, 0.29) is 0 Å². The molecule has 52 valence electrons. The number of hydrogen-bond acceptors (Lipinski definition) is 3. The van der Waals surface area contributed by atoms with Crippen LogP contribution in [0.25, 0.3) is 0 Å². The summed E-state index contributed by atoms with van der Waals surface area (Å²) >= 11 is 0. The number of hydrogen-bond donors (Lipinski definition) is 3. The first-order chi connectivity index (χ1) is 4.04. The molecule has 0 saturated carbocycles. The van der Waals surface area contributed by atoms with Crippen molar-refractivity contribution in [1.29, 1.82) is 0 Å². The van der Waals surface area contributed by atoms with Crippen molar-refractivity contribution < 1.29 is 19.8 Å². The molecule has 0 aromatic heterocycles. The van der Waals surface area contributed by atoms with E-state index in [1.807, 2.05) is 0 Å². The molecular weight excluding hydrogens is 127 g/mol. The van der Waals surface area contributed by atoms with E-state index in [0.717, 1.165) is 0 Å². The van der Waals surface area contributed by atoms with Crippen LogP contribution in [0.1, 0.15) is 6.42 Å². The molecule has 9 heavy (non-hydrogen) atoms. The summed E-state index contributed by atoms with van der Waals surface area (Å²) in [6.07, 6.45) is -0.532. The van der Waals surface area contributed by atoms with Gasteiger partial charge < -0.3 is 15.9 Å². The van der Waals surface area contributed by atoms with Crippen LogP contribution in [0.5, 0.6) is 0 Å². The van der Waals surface area contributed by atoms with Gasteiger partial charge in [-0.25, -0.2) is 0 Å². The summed E-state index contributed by atoms with van der Waals surface area (Å²) in [5, 5.41) is 16.0. The molecule has 0 aliphatic carbocycles. The van der Waals surface area contributed by atoms with Gasteiger partial charge >= 0.3 is 11.9 Å². The van der Waals surface area contributed by atoms with Crippen LogP contribution in [-0.4, -0.2) is 28.2 Å². The van der Waals surface area contributed by atoms with Gasteiger partial charge in [-0.1, -0.05) is 0 Å². The molecule has 0 aliphatic heterocycles. The Morgan fingerprint density at radius 2 is 1.89 bits per heavy atom. The molecule has 0 aliphatic rings. The largest absolute Gasteiger partial charge is 0.481 e. The highest BCUT2D eigenvalue weighted by Crippen LogP contribution is 1.86. The molecule has 0 heterocycles. The second-order valence-corrected chi connectivity index (χ2v) is 1.54. The molecule has 0 saturated heterocycles. The lowest BCUT2D eigenvalue weighted by Gasteiger charge is -1.99. The Morgan fingerprint density at radius 1 is 1.44 bits per heavy atom. The summed E-state index contributed by atoms with van der Waals surface area (Å²) in [6.45, 7) is 0. The van der Waals surface area contributed by atoms with E-state index in [0.29, 0.717) is 0 Å². The maximum Gasteiger partial charge on any atom is 0.321 e. The minimum absolute atomic E-state index is 0.532. The van der Waals surface area contributed by atoms with E-state index < -0.39 is 24.4 Å². The summed E-state index contributed by atoms with van der Waals surface area (Å²) < 4.78 is 0. The van der Waals surface area contributed by atoms with Gasteiger partial charge in [-0.3, -0.25) is 9.59 Å². The smallest absolute Gasteiger partial charge is 0.321 e. The quantitative estimate of drug-likeness (QED) is 0.424. The number of aliphatic carboxylic acids is 2. The zero-order chi connectivity index (χ0) is 7.44. The second kappa shape index (κ2) is 3.03. The fourth-order valence-corrected chi connectivity index (χ4v) is 0.275. The average molecular weight is 134 g/mol. The molecule has 0 fully saturated rings. The molecule has 0 unspecified atom stereocenters. The zero-order valence-corrected chi connectivity index (χ0v) is 4.57. The van der Waals surface area contributed by atoms with Crippen LogP contribution < -0.4 is 5.73 Å². The van der Waals surface area contributed by atoms with Crippen LogP contribution in [0.15, 0.2) is 0 Å². The van der Waals surface area contributed by atoms with E-state index in [4.69, 9.17) is 15.9 Å². The van der Waals surface area contributed by atoms with Crippen LogP contribution in [0, 0.1) is 0 Å². The highest BCUT2D eigenvalue weighted by atomic mass is 16.5. The summed E-state index contributed by atoms with van der Waals surface area (Å²) in [5.74, 6) is -2.50. The topological polar surface area (TPSA) is 101 Å². The van der Waals surface area contributed by atoms with Gasteiger partial charge in [0.15, 0.2) is 0 Å². The number of carboxylic acids is 2. The van der Waals surface area contributed by atoms with Gasteiger partial charge in [-0.05, 0) is 0 Å². The SMILES string of the molecule is N[C@@H](C[13C](=O)O)C(=O)O. The van der Waals surface area contributed by atoms with Gasteiger partial charge in [0.2, 0.25) is 0 Å². The summed E-state index contributed by atoms with van der Waals surface area (Å²) in [7, 11) is 0. The first-order valence-corrected chi connectivity index (χ1v) is 2.24. The molecule has 1 atom stereocenters. The molecule has 0 aromatic rings. The lowest BCUT2D eigenvalue weighted by Crippen LogP contribution is -2.32. The molecule has 0 rings (SSSR count). The summed E-state index contributed by atoms with van der Waals surface area (Å²) in [5.41, 5.74) is 4.84. The monoisotopic (exact) mass is 134 g/mol. The van der Waals surface area contributed by atoms with Crippen LogP contribution in [0.3, 0.4) is 0 Å². The Labute approximate surface area is 51.1 Å². The van der Waals surface area contributed by atoms with Crippen LogP contribution in [-0.2, 0) is 9.59 Å². The first kappa shape index (κ1) is 7.90. The maximum absolute atomic E-state index is 9.85. The molecule has 0 spiro atoms. The Balaban J connectivity index is 3.63. The lowest BCUT2D eigenvalue weighted by atomic mass is 10.3. The minimum atomic E-state index is -1.29. The van der Waals surface area contributed by atoms with E-state index >= 15 is 0 Å². The third kappa shape index (κ3) is 3.48. The predicted molar refractivity (Wildman–Crippen MR) is 27.9 cm³/mol. The third-order valence-corrected chi connectivity index (χ3v) is 0.712. The molecule has 0 amide bonds. The van der Waals surface area contributed by atoms with Gasteiger partial charge in [0.25, 0.3) is 0 Å². The van der Waals surface area contributed by atoms with Gasteiger partial charge in [-0.2, -0.15) is 0 Å². The van der Waals surface area contributed by atoms with Gasteiger partial charge in [0, 0.05) is 0 Å². The summed E-state index contributed by atoms with van der Waals surface area (Å²) in [6, 6.07) is -1.29. The van der Waals surface area contributed by atoms with Gasteiger partial charge in [0.05, 0.1) is 6.42 Å². The van der Waals surface area contributed by atoms with Crippen molar-refractivity contribution in [3.05, 3.63) is 0 Å². The molecule has 4 N–H and O–H groups in total. The number of nitrogens with two attached hydrogens (primary N) is 1. The lowest BCUT2D eigenvalue weighted by molar-refractivity contribution is -0.144. The first-order valence-electron chi connectivity index (χ1n) is 2.24. The molecular formula is C4H7NO4. The van der Waals surface area contributed by atoms with Crippen LogP contribution in [0.2, 0.25) is 0 Å². The van der Waals surface area contributed by atoms with Crippen LogP contribution in [0.4, 0.5) is 0 Å². The van der Waals surface area contributed by atoms with E-state index in [1.165, 1.54) is 0 Å². The zero-order valence-electron chi connectivity index (χ0n) is 4.57. The van der Waals surface area contributed by atoms with Crippen molar-refractivity contribution in [3.63, 3.8) is 0 Å². The number of rotatable bonds is 3. The highest BCUT2D eigenvalue weighted by Gasteiger charge is 2.14. The van der Waals surface area contributed by atoms with Gasteiger partial charge in [-0.15, -0.1) is 0 Å². The van der Waals surface area contributed by atoms with Crippen LogP contribution >= 0.6 is 0 Å². The van der Waals surface area contributed by atoms with Crippen molar-refractivity contribution in [3.8, 4) is 0 Å². The number of carboxylic acid groups (broad SMARTS) is 2. The third-order valence-electron chi connectivity index (χ3n) is 0.712. The van der Waals surface area contributed by atoms with Crippen molar-refractivity contribution in [2.45, 2.75) is 12.5 Å². The Bertz CT molecular complexity index is 133. The molecule has 5 heteroatoms. The fourth-order valence-electron chi connectivity index (χ4n) is 0.275. The van der Waals surface area contributed by atoms with Gasteiger partial charge in [0.1, 0.15) is 6.04 Å². The van der Waals surface area contributed by atoms with Crippen molar-refractivity contribution >= 4 is 11.9 Å². The molecule has 0 bridgehead atoms. The Hall–Kier alpha value is -1.10. The maximum atomic E-state index is 9.85. The highest BCUT2D eigenvalue weighted by molar-refractivity contribution is 5.80. The van der Waals surface area contributed by atoms with Crippen molar-refractivity contribution in [2.75, 3.05) is 0 Å². The average Bonchev–Trinajstić information content (AvgIpc) is 1.63. The molecule has 0 radical (unpaired) electrons. The fraction of sp³-hybridized carbons (Fsp3) is 0.500. The molecule has 5 nitrogen and oxygen atoms in total. The predicted octanol–water partition coefficient (Wildman–Crippen LogP) is -1.13. The summed E-state index contributed by atoms with van der Waals surface area (Å²) in [4.78, 5) is 19.6. The standard InChI is InChI=1S/C4H7NO4/c5-2(4(8)9)1-3(6)7/h2H,1,5H2,(H,6,7)(H,8,9)/t2-/m0/s1/i3+1. The Morgan fingerprint density at radius 3 is 2.00 bits per heavy atom. The van der Waals surface area contributed by atoms with E-state index in [2.05, 4.69) is 0 Å². The molecule has 0 aromatic carbocycles.